The molecule has 4 rings (SSSR count). The quantitative estimate of drug-likeness (QED) is 0.755. The van der Waals surface area contributed by atoms with E-state index in [1.807, 2.05) is 12.1 Å². The van der Waals surface area contributed by atoms with Crippen LogP contribution in [-0.4, -0.2) is 50.2 Å². The summed E-state index contributed by atoms with van der Waals surface area (Å²) in [4.78, 5) is 7.48. The van der Waals surface area contributed by atoms with Crippen molar-refractivity contribution in [3.63, 3.8) is 0 Å². The van der Waals surface area contributed by atoms with E-state index in [1.54, 1.807) is 14.2 Å². The molecule has 0 bridgehead atoms. The Bertz CT molecular complexity index is 985. The highest BCUT2D eigenvalue weighted by atomic mass is 16.5. The molecular weight excluding hydrogens is 380 g/mol. The molecule has 30 heavy (non-hydrogen) atoms. The van der Waals surface area contributed by atoms with E-state index in [-0.39, 0.29) is 12.8 Å². The first kappa shape index (κ1) is 20.7. The molecule has 0 radical (unpaired) electrons. The van der Waals surface area contributed by atoms with Gasteiger partial charge in [0.2, 0.25) is 0 Å². The van der Waals surface area contributed by atoms with E-state index >= 15 is 0 Å². The van der Waals surface area contributed by atoms with Crippen molar-refractivity contribution in [3.05, 3.63) is 58.1 Å². The summed E-state index contributed by atoms with van der Waals surface area (Å²) in [5, 5.41) is 11.4. The van der Waals surface area contributed by atoms with Crippen LogP contribution in [0.15, 0.2) is 41.4 Å². The molecule has 1 N–H and O–H groups in total. The van der Waals surface area contributed by atoms with Crippen molar-refractivity contribution in [1.29, 1.82) is 0 Å². The van der Waals surface area contributed by atoms with E-state index in [0.29, 0.717) is 12.3 Å². The van der Waals surface area contributed by atoms with Crippen molar-refractivity contribution < 1.29 is 19.3 Å². The first-order chi connectivity index (χ1) is 14.7. The van der Waals surface area contributed by atoms with Gasteiger partial charge in [-0.1, -0.05) is 12.1 Å². The van der Waals surface area contributed by atoms with Gasteiger partial charge in [-0.2, -0.15) is 0 Å². The van der Waals surface area contributed by atoms with Crippen LogP contribution in [0.2, 0.25) is 0 Å². The van der Waals surface area contributed by atoms with Crippen LogP contribution in [0, 0.1) is 5.92 Å². The summed E-state index contributed by atoms with van der Waals surface area (Å²) >= 11 is 0. The van der Waals surface area contributed by atoms with Gasteiger partial charge in [0.05, 0.1) is 19.6 Å². The van der Waals surface area contributed by atoms with Crippen LogP contribution in [0.25, 0.3) is 6.20 Å². The van der Waals surface area contributed by atoms with E-state index in [1.165, 1.54) is 0 Å². The molecule has 0 spiro atoms. The number of fused-ring (bicyclic) bond motifs is 1. The average molecular weight is 411 g/mol. The summed E-state index contributed by atoms with van der Waals surface area (Å²) in [5.41, 5.74) is 2.27. The number of benzene rings is 2. The predicted molar refractivity (Wildman–Crippen MR) is 115 cm³/mol. The van der Waals surface area contributed by atoms with Crippen molar-refractivity contribution in [1.82, 2.24) is 4.90 Å². The molecule has 6 nitrogen and oxygen atoms in total. The molecule has 2 aliphatic rings. The minimum atomic E-state index is 0.0817. The largest absolute Gasteiger partial charge is 0.493 e. The summed E-state index contributed by atoms with van der Waals surface area (Å²) in [6.45, 7) is 2.47. The third-order valence-electron chi connectivity index (χ3n) is 5.91. The fourth-order valence-electron chi connectivity index (χ4n) is 4.30. The van der Waals surface area contributed by atoms with Crippen LogP contribution >= 0.6 is 0 Å². The number of aliphatic hydroxyl groups is 1. The van der Waals surface area contributed by atoms with Crippen LogP contribution in [0.5, 0.6) is 11.5 Å². The highest BCUT2D eigenvalue weighted by Gasteiger charge is 2.29. The molecule has 1 saturated heterocycles. The number of nitrogens with zero attached hydrogens (tertiary/aromatic N) is 2. The summed E-state index contributed by atoms with van der Waals surface area (Å²) in [6, 6.07) is 12.3. The molecule has 2 aromatic rings. The van der Waals surface area contributed by atoms with E-state index < -0.39 is 0 Å². The van der Waals surface area contributed by atoms with Gasteiger partial charge in [0.1, 0.15) is 6.17 Å². The maximum atomic E-state index is 9.30. The molecule has 0 amide bonds. The molecule has 0 aliphatic carbocycles. The Hall–Kier alpha value is -2.57. The van der Waals surface area contributed by atoms with Crippen molar-refractivity contribution in [2.45, 2.75) is 32.0 Å². The van der Waals surface area contributed by atoms with E-state index in [2.05, 4.69) is 35.4 Å². The number of hydrogen-bond acceptors (Lipinski definition) is 6. The van der Waals surface area contributed by atoms with Crippen LogP contribution < -0.4 is 20.0 Å². The molecule has 1 fully saturated rings. The zero-order valence-corrected chi connectivity index (χ0v) is 17.7. The summed E-state index contributed by atoms with van der Waals surface area (Å²) in [6.07, 6.45) is 4.99. The SMILES string of the molecule is COc1ccc(CN2C=c3cc(CCO)ccc3=NC2C2CCOCC2)cc1OC. The predicted octanol–water partition coefficient (Wildman–Crippen LogP) is 1.86. The van der Waals surface area contributed by atoms with E-state index in [4.69, 9.17) is 19.2 Å². The van der Waals surface area contributed by atoms with Gasteiger partial charge < -0.3 is 24.2 Å². The van der Waals surface area contributed by atoms with E-state index in [9.17, 15) is 5.11 Å². The van der Waals surface area contributed by atoms with Gasteiger partial charge in [-0.25, -0.2) is 0 Å². The van der Waals surface area contributed by atoms with Gasteiger partial charge in [-0.15, -0.1) is 0 Å². The Morgan fingerprint density at radius 3 is 2.53 bits per heavy atom. The molecule has 1 unspecified atom stereocenters. The lowest BCUT2D eigenvalue weighted by atomic mass is 9.95. The number of rotatable bonds is 7. The number of aliphatic hydroxyl groups excluding tert-OH is 1. The maximum Gasteiger partial charge on any atom is 0.161 e. The average Bonchev–Trinajstić information content (AvgIpc) is 2.79. The Balaban J connectivity index is 1.69. The first-order valence-corrected chi connectivity index (χ1v) is 10.6. The van der Waals surface area contributed by atoms with Crippen molar-refractivity contribution >= 4 is 6.20 Å². The topological polar surface area (TPSA) is 63.5 Å². The van der Waals surface area contributed by atoms with Gasteiger partial charge in [-0.3, -0.25) is 4.99 Å². The molecule has 160 valence electrons. The second-order valence-electron chi connectivity index (χ2n) is 7.85. The number of methoxy groups -OCH3 is 2. The van der Waals surface area contributed by atoms with Gasteiger partial charge >= 0.3 is 0 Å². The second kappa shape index (κ2) is 9.49. The lowest BCUT2D eigenvalue weighted by Crippen LogP contribution is -2.46. The van der Waals surface area contributed by atoms with Gasteiger partial charge in [0, 0.05) is 43.7 Å². The van der Waals surface area contributed by atoms with Crippen molar-refractivity contribution in [2.24, 2.45) is 10.9 Å². The van der Waals surface area contributed by atoms with Gasteiger partial charge in [0.25, 0.3) is 0 Å². The molecule has 2 aliphatic heterocycles. The fourth-order valence-corrected chi connectivity index (χ4v) is 4.30. The maximum absolute atomic E-state index is 9.30. The third kappa shape index (κ3) is 4.45. The third-order valence-corrected chi connectivity index (χ3v) is 5.91. The van der Waals surface area contributed by atoms with Crippen LogP contribution in [0.3, 0.4) is 0 Å². The standard InChI is InChI=1S/C24H30N2O4/c1-28-22-6-4-18(14-23(22)29-2)15-26-16-20-13-17(7-10-27)3-5-21(20)25-24(26)19-8-11-30-12-9-19/h3-6,13-14,16,19,24,27H,7-12,15H2,1-2H3. The molecule has 2 heterocycles. The Morgan fingerprint density at radius 2 is 1.80 bits per heavy atom. The minimum Gasteiger partial charge on any atom is -0.493 e. The highest BCUT2D eigenvalue weighted by Crippen LogP contribution is 2.30. The lowest BCUT2D eigenvalue weighted by molar-refractivity contribution is 0.0382. The summed E-state index contributed by atoms with van der Waals surface area (Å²) in [7, 11) is 3.31. The zero-order chi connectivity index (χ0) is 20.9. The van der Waals surface area contributed by atoms with E-state index in [0.717, 1.165) is 65.8 Å². The second-order valence-corrected chi connectivity index (χ2v) is 7.85. The van der Waals surface area contributed by atoms with Crippen molar-refractivity contribution in [2.75, 3.05) is 34.0 Å². The van der Waals surface area contributed by atoms with Gasteiger partial charge in [0.15, 0.2) is 11.5 Å². The molecule has 2 aromatic carbocycles. The molecular formula is C24H30N2O4. The van der Waals surface area contributed by atoms with Crippen LogP contribution in [0.4, 0.5) is 0 Å². The fraction of sp³-hybridized carbons (Fsp3) is 0.458. The molecule has 1 atom stereocenters. The summed E-state index contributed by atoms with van der Waals surface area (Å²) in [5.74, 6) is 1.92. The summed E-state index contributed by atoms with van der Waals surface area (Å²) < 4.78 is 16.5. The Labute approximate surface area is 177 Å². The Morgan fingerprint density at radius 1 is 1.03 bits per heavy atom. The number of hydrogen-bond donors (Lipinski definition) is 1. The van der Waals surface area contributed by atoms with Crippen LogP contribution in [-0.2, 0) is 17.7 Å². The molecule has 6 heteroatoms. The van der Waals surface area contributed by atoms with Crippen LogP contribution in [0.1, 0.15) is 24.0 Å². The molecule has 0 saturated carbocycles. The Kier molecular flexibility index (Phi) is 6.55. The normalized spacial score (nSPS) is 18.9. The monoisotopic (exact) mass is 410 g/mol. The number of ether oxygens (including phenoxy) is 3. The highest BCUT2D eigenvalue weighted by molar-refractivity contribution is 5.43. The van der Waals surface area contributed by atoms with Crippen molar-refractivity contribution in [3.8, 4) is 11.5 Å². The van der Waals surface area contributed by atoms with Gasteiger partial charge in [-0.05, 0) is 54.7 Å². The smallest absolute Gasteiger partial charge is 0.161 e. The first-order valence-electron chi connectivity index (χ1n) is 10.6. The lowest BCUT2D eigenvalue weighted by Gasteiger charge is -2.37. The zero-order valence-electron chi connectivity index (χ0n) is 17.7. The molecule has 0 aromatic heterocycles. The minimum absolute atomic E-state index is 0.0817.